The normalized spacial score (nSPS) is 12.9. The molecule has 1 aromatic rings. The van der Waals surface area contributed by atoms with Crippen LogP contribution in [0.1, 0.15) is 69.3 Å². The van der Waals surface area contributed by atoms with Crippen molar-refractivity contribution >= 4 is 0 Å². The van der Waals surface area contributed by atoms with Gasteiger partial charge in [-0.25, -0.2) is 0 Å². The van der Waals surface area contributed by atoms with Crippen LogP contribution in [0.25, 0.3) is 0 Å². The van der Waals surface area contributed by atoms with Crippen LogP contribution < -0.4 is 5.32 Å². The van der Waals surface area contributed by atoms with Crippen molar-refractivity contribution in [3.05, 3.63) is 17.0 Å². The first-order valence-electron chi connectivity index (χ1n) is 7.78. The molecule has 0 radical (unpaired) electrons. The summed E-state index contributed by atoms with van der Waals surface area (Å²) in [6, 6.07) is 0.598. The van der Waals surface area contributed by atoms with E-state index in [-0.39, 0.29) is 0 Å². The quantitative estimate of drug-likeness (QED) is 0.687. The van der Waals surface area contributed by atoms with Gasteiger partial charge in [0.1, 0.15) is 0 Å². The SMILES string of the molecule is CCCCCCCC(C)NCc1c(C)nn(C)c1C. The summed E-state index contributed by atoms with van der Waals surface area (Å²) in [5, 5.41) is 8.09. The van der Waals surface area contributed by atoms with Crippen molar-refractivity contribution in [2.45, 2.75) is 78.8 Å². The number of unbranched alkanes of at least 4 members (excludes halogenated alkanes) is 4. The average Bonchev–Trinajstić information content (AvgIpc) is 2.61. The largest absolute Gasteiger partial charge is 0.310 e. The third-order valence-corrected chi connectivity index (χ3v) is 4.03. The summed E-state index contributed by atoms with van der Waals surface area (Å²) >= 11 is 0. The van der Waals surface area contributed by atoms with E-state index in [4.69, 9.17) is 0 Å². The van der Waals surface area contributed by atoms with Gasteiger partial charge in [-0.15, -0.1) is 0 Å². The summed E-state index contributed by atoms with van der Waals surface area (Å²) in [5.41, 5.74) is 3.79. The summed E-state index contributed by atoms with van der Waals surface area (Å²) in [6.45, 7) is 9.75. The van der Waals surface area contributed by atoms with Crippen LogP contribution in [0.5, 0.6) is 0 Å². The van der Waals surface area contributed by atoms with Gasteiger partial charge in [0.2, 0.25) is 0 Å². The van der Waals surface area contributed by atoms with E-state index in [1.165, 1.54) is 49.8 Å². The van der Waals surface area contributed by atoms with Crippen molar-refractivity contribution in [3.8, 4) is 0 Å². The smallest absolute Gasteiger partial charge is 0.0641 e. The fraction of sp³-hybridized carbons (Fsp3) is 0.812. The van der Waals surface area contributed by atoms with Crippen LogP contribution in [-0.2, 0) is 13.6 Å². The molecule has 19 heavy (non-hydrogen) atoms. The second-order valence-corrected chi connectivity index (χ2v) is 5.76. The molecule has 0 aliphatic rings. The lowest BCUT2D eigenvalue weighted by atomic mass is 10.1. The number of aromatic nitrogens is 2. The third kappa shape index (κ3) is 5.35. The van der Waals surface area contributed by atoms with Gasteiger partial charge >= 0.3 is 0 Å². The fourth-order valence-corrected chi connectivity index (χ4v) is 2.51. The molecule has 0 amide bonds. The van der Waals surface area contributed by atoms with Crippen molar-refractivity contribution in [1.29, 1.82) is 0 Å². The van der Waals surface area contributed by atoms with Crippen molar-refractivity contribution in [2.24, 2.45) is 7.05 Å². The lowest BCUT2D eigenvalue weighted by molar-refractivity contribution is 0.479. The molecule has 0 saturated carbocycles. The Labute approximate surface area is 118 Å². The molecule has 1 heterocycles. The van der Waals surface area contributed by atoms with Crippen LogP contribution in [-0.4, -0.2) is 15.8 Å². The highest BCUT2D eigenvalue weighted by Gasteiger charge is 2.10. The molecule has 3 heteroatoms. The maximum absolute atomic E-state index is 4.46. The van der Waals surface area contributed by atoms with Gasteiger partial charge in [0.15, 0.2) is 0 Å². The minimum Gasteiger partial charge on any atom is -0.310 e. The molecule has 0 aliphatic carbocycles. The van der Waals surface area contributed by atoms with Crippen LogP contribution in [0.4, 0.5) is 0 Å². The van der Waals surface area contributed by atoms with E-state index in [2.05, 4.69) is 38.1 Å². The summed E-state index contributed by atoms with van der Waals surface area (Å²) in [7, 11) is 2.02. The second-order valence-electron chi connectivity index (χ2n) is 5.76. The molecule has 110 valence electrons. The molecule has 1 aromatic heterocycles. The van der Waals surface area contributed by atoms with Crippen molar-refractivity contribution in [2.75, 3.05) is 0 Å². The summed E-state index contributed by atoms with van der Waals surface area (Å²) in [4.78, 5) is 0. The van der Waals surface area contributed by atoms with Gasteiger partial charge in [0.05, 0.1) is 5.69 Å². The summed E-state index contributed by atoms with van der Waals surface area (Å²) in [5.74, 6) is 0. The molecular weight excluding hydrogens is 234 g/mol. The monoisotopic (exact) mass is 265 g/mol. The molecule has 0 aliphatic heterocycles. The van der Waals surface area contributed by atoms with Crippen LogP contribution in [0.2, 0.25) is 0 Å². The molecule has 0 fully saturated rings. The van der Waals surface area contributed by atoms with Gasteiger partial charge < -0.3 is 5.32 Å². The zero-order valence-electron chi connectivity index (χ0n) is 13.4. The molecule has 1 atom stereocenters. The lowest BCUT2D eigenvalue weighted by Gasteiger charge is -2.14. The average molecular weight is 265 g/mol. The van der Waals surface area contributed by atoms with E-state index in [1.807, 2.05) is 11.7 Å². The number of aryl methyl sites for hydroxylation is 2. The van der Waals surface area contributed by atoms with Crippen LogP contribution in [0.15, 0.2) is 0 Å². The van der Waals surface area contributed by atoms with E-state index >= 15 is 0 Å². The van der Waals surface area contributed by atoms with Gasteiger partial charge in [-0.2, -0.15) is 5.10 Å². The predicted molar refractivity (Wildman–Crippen MR) is 82.4 cm³/mol. The van der Waals surface area contributed by atoms with Crippen molar-refractivity contribution in [1.82, 2.24) is 15.1 Å². The minimum absolute atomic E-state index is 0.598. The highest BCUT2D eigenvalue weighted by Crippen LogP contribution is 2.12. The zero-order chi connectivity index (χ0) is 14.3. The van der Waals surface area contributed by atoms with Gasteiger partial charge in [0, 0.05) is 30.9 Å². The van der Waals surface area contributed by atoms with Crippen LogP contribution >= 0.6 is 0 Å². The molecule has 0 bridgehead atoms. The molecule has 1 N–H and O–H groups in total. The Morgan fingerprint density at radius 1 is 1.16 bits per heavy atom. The van der Waals surface area contributed by atoms with Crippen LogP contribution in [0, 0.1) is 13.8 Å². The Morgan fingerprint density at radius 3 is 2.42 bits per heavy atom. The van der Waals surface area contributed by atoms with E-state index < -0.39 is 0 Å². The summed E-state index contributed by atoms with van der Waals surface area (Å²) < 4.78 is 1.97. The van der Waals surface area contributed by atoms with E-state index in [1.54, 1.807) is 0 Å². The Hall–Kier alpha value is -0.830. The van der Waals surface area contributed by atoms with E-state index in [9.17, 15) is 0 Å². The molecular formula is C16H31N3. The minimum atomic E-state index is 0.598. The lowest BCUT2D eigenvalue weighted by Crippen LogP contribution is -2.25. The topological polar surface area (TPSA) is 29.9 Å². The number of nitrogens with one attached hydrogen (secondary N) is 1. The number of hydrogen-bond acceptors (Lipinski definition) is 2. The predicted octanol–water partition coefficient (Wildman–Crippen LogP) is 3.88. The highest BCUT2D eigenvalue weighted by molar-refractivity contribution is 5.24. The number of nitrogens with zero attached hydrogens (tertiary/aromatic N) is 2. The van der Waals surface area contributed by atoms with E-state index in [0.717, 1.165) is 12.2 Å². The van der Waals surface area contributed by atoms with Crippen molar-refractivity contribution < 1.29 is 0 Å². The molecule has 0 saturated heterocycles. The summed E-state index contributed by atoms with van der Waals surface area (Å²) in [6.07, 6.45) is 8.11. The van der Waals surface area contributed by atoms with E-state index in [0.29, 0.717) is 6.04 Å². The van der Waals surface area contributed by atoms with Gasteiger partial charge in [-0.05, 0) is 27.2 Å². The Morgan fingerprint density at radius 2 is 1.84 bits per heavy atom. The standard InChI is InChI=1S/C16H31N3/c1-6-7-8-9-10-11-13(2)17-12-16-14(3)18-19(5)15(16)4/h13,17H,6-12H2,1-5H3. The molecule has 3 nitrogen and oxygen atoms in total. The Balaban J connectivity index is 2.24. The van der Waals surface area contributed by atoms with Gasteiger partial charge in [0.25, 0.3) is 0 Å². The Bertz CT molecular complexity index is 368. The molecule has 0 aromatic carbocycles. The fourth-order valence-electron chi connectivity index (χ4n) is 2.51. The first kappa shape index (κ1) is 16.2. The van der Waals surface area contributed by atoms with Crippen LogP contribution in [0.3, 0.4) is 0 Å². The molecule has 0 spiro atoms. The maximum Gasteiger partial charge on any atom is 0.0641 e. The zero-order valence-corrected chi connectivity index (χ0v) is 13.4. The first-order valence-corrected chi connectivity index (χ1v) is 7.78. The second kappa shape index (κ2) is 8.36. The van der Waals surface area contributed by atoms with Gasteiger partial charge in [-0.3, -0.25) is 4.68 Å². The maximum atomic E-state index is 4.46. The third-order valence-electron chi connectivity index (χ3n) is 4.03. The van der Waals surface area contributed by atoms with Crippen molar-refractivity contribution in [3.63, 3.8) is 0 Å². The number of hydrogen-bond donors (Lipinski definition) is 1. The Kier molecular flexibility index (Phi) is 7.14. The highest BCUT2D eigenvalue weighted by atomic mass is 15.3. The number of rotatable bonds is 9. The molecule has 1 unspecified atom stereocenters. The molecule has 1 rings (SSSR count). The first-order chi connectivity index (χ1) is 9.06. The van der Waals surface area contributed by atoms with Gasteiger partial charge in [-0.1, -0.05) is 39.0 Å².